The van der Waals surface area contributed by atoms with Crippen molar-refractivity contribution < 1.29 is 27.4 Å². The number of nitrogens with one attached hydrogen (secondary N) is 1. The standard InChI is InChI=1S/C20H17F3N4O3/c1-29-14-4-2-3-12(7-14)16-8-17(26-25-16)19(28)27-10-15(11-27)30-18-6-5-13(9-24-18)20(21,22)23/h2-9,15H,10-11H2,1H3,(H,25,26). The lowest BCUT2D eigenvalue weighted by Gasteiger charge is -2.38. The third-order valence-electron chi connectivity index (χ3n) is 4.66. The first kappa shape index (κ1) is 19.7. The number of likely N-dealkylation sites (tertiary alicyclic amines) is 1. The van der Waals surface area contributed by atoms with E-state index in [9.17, 15) is 18.0 Å². The smallest absolute Gasteiger partial charge is 0.417 e. The zero-order chi connectivity index (χ0) is 21.3. The molecule has 0 atom stereocenters. The molecule has 0 radical (unpaired) electrons. The molecule has 1 fully saturated rings. The van der Waals surface area contributed by atoms with E-state index in [2.05, 4.69) is 15.2 Å². The molecule has 1 amide bonds. The SMILES string of the molecule is COc1cccc(-c2cc(C(=O)N3CC(Oc4ccc(C(F)(F)F)cn4)C3)[nH]n2)c1. The molecule has 0 aliphatic carbocycles. The Bertz CT molecular complexity index is 1040. The van der Waals surface area contributed by atoms with Crippen LogP contribution in [0.1, 0.15) is 16.1 Å². The number of hydrogen-bond acceptors (Lipinski definition) is 5. The number of hydrogen-bond donors (Lipinski definition) is 1. The minimum Gasteiger partial charge on any atom is -0.497 e. The zero-order valence-corrected chi connectivity index (χ0v) is 15.8. The molecule has 1 aromatic carbocycles. The van der Waals surface area contributed by atoms with E-state index in [1.807, 2.05) is 24.3 Å². The summed E-state index contributed by atoms with van der Waals surface area (Å²) in [6.07, 6.45) is -4.06. The van der Waals surface area contributed by atoms with Gasteiger partial charge in [0.05, 0.1) is 31.5 Å². The van der Waals surface area contributed by atoms with Gasteiger partial charge < -0.3 is 14.4 Å². The maximum Gasteiger partial charge on any atom is 0.417 e. The van der Waals surface area contributed by atoms with Gasteiger partial charge in [0.1, 0.15) is 17.5 Å². The Morgan fingerprint density at radius 1 is 1.20 bits per heavy atom. The van der Waals surface area contributed by atoms with Crippen molar-refractivity contribution in [1.82, 2.24) is 20.1 Å². The van der Waals surface area contributed by atoms with E-state index in [4.69, 9.17) is 9.47 Å². The van der Waals surface area contributed by atoms with Crippen molar-refractivity contribution in [1.29, 1.82) is 0 Å². The van der Waals surface area contributed by atoms with E-state index in [-0.39, 0.29) is 17.9 Å². The number of halogens is 3. The largest absolute Gasteiger partial charge is 0.497 e. The molecular weight excluding hydrogens is 401 g/mol. The molecular formula is C20H17F3N4O3. The van der Waals surface area contributed by atoms with Crippen LogP contribution < -0.4 is 9.47 Å². The molecule has 30 heavy (non-hydrogen) atoms. The number of nitrogens with zero attached hydrogens (tertiary/aromatic N) is 3. The van der Waals surface area contributed by atoms with Crippen LogP contribution in [0.15, 0.2) is 48.7 Å². The Morgan fingerprint density at radius 2 is 2.00 bits per heavy atom. The molecule has 1 aliphatic heterocycles. The quantitative estimate of drug-likeness (QED) is 0.687. The van der Waals surface area contributed by atoms with Crippen LogP contribution in [0.5, 0.6) is 11.6 Å². The minimum absolute atomic E-state index is 0.0851. The topological polar surface area (TPSA) is 80.3 Å². The Morgan fingerprint density at radius 3 is 2.67 bits per heavy atom. The highest BCUT2D eigenvalue weighted by Gasteiger charge is 2.35. The molecule has 1 N–H and O–H groups in total. The maximum atomic E-state index is 12.6. The van der Waals surface area contributed by atoms with E-state index >= 15 is 0 Å². The summed E-state index contributed by atoms with van der Waals surface area (Å²) in [6, 6.07) is 11.1. The number of carbonyl (C=O) groups excluding carboxylic acids is 1. The van der Waals surface area contributed by atoms with E-state index < -0.39 is 11.7 Å². The van der Waals surface area contributed by atoms with Gasteiger partial charge >= 0.3 is 6.18 Å². The highest BCUT2D eigenvalue weighted by Crippen LogP contribution is 2.30. The van der Waals surface area contributed by atoms with Gasteiger partial charge in [0, 0.05) is 17.8 Å². The first-order valence-electron chi connectivity index (χ1n) is 9.02. The van der Waals surface area contributed by atoms with Crippen LogP contribution in [-0.2, 0) is 6.18 Å². The Kier molecular flexibility index (Phi) is 5.06. The van der Waals surface area contributed by atoms with Gasteiger partial charge in [-0.1, -0.05) is 12.1 Å². The van der Waals surface area contributed by atoms with Gasteiger partial charge in [-0.15, -0.1) is 0 Å². The van der Waals surface area contributed by atoms with Gasteiger partial charge in [-0.25, -0.2) is 4.98 Å². The maximum absolute atomic E-state index is 12.6. The molecule has 156 valence electrons. The average molecular weight is 418 g/mol. The number of rotatable bonds is 5. The number of carbonyl (C=O) groups is 1. The predicted octanol–water partition coefficient (Wildman–Crippen LogP) is 3.40. The van der Waals surface area contributed by atoms with Gasteiger partial charge in [0.15, 0.2) is 0 Å². The second-order valence-electron chi connectivity index (χ2n) is 6.73. The van der Waals surface area contributed by atoms with Crippen molar-refractivity contribution in [2.45, 2.75) is 12.3 Å². The third kappa shape index (κ3) is 4.07. The van der Waals surface area contributed by atoms with Gasteiger partial charge in [-0.3, -0.25) is 9.89 Å². The van der Waals surface area contributed by atoms with Crippen molar-refractivity contribution >= 4 is 5.91 Å². The summed E-state index contributed by atoms with van der Waals surface area (Å²) in [5.74, 6) is 0.529. The summed E-state index contributed by atoms with van der Waals surface area (Å²) in [6.45, 7) is 0.601. The van der Waals surface area contributed by atoms with E-state index in [1.165, 1.54) is 6.07 Å². The molecule has 0 unspecified atom stereocenters. The van der Waals surface area contributed by atoms with Crippen molar-refractivity contribution in [3.05, 3.63) is 59.9 Å². The number of ether oxygens (including phenoxy) is 2. The van der Waals surface area contributed by atoms with Crippen LogP contribution in [-0.4, -0.2) is 52.3 Å². The molecule has 3 aromatic rings. The Hall–Kier alpha value is -3.56. The summed E-state index contributed by atoms with van der Waals surface area (Å²) in [5, 5.41) is 6.91. The molecule has 1 saturated heterocycles. The summed E-state index contributed by atoms with van der Waals surface area (Å²) < 4.78 is 48.4. The molecule has 0 bridgehead atoms. The lowest BCUT2D eigenvalue weighted by atomic mass is 10.1. The monoisotopic (exact) mass is 418 g/mol. The Labute approximate surface area is 169 Å². The summed E-state index contributed by atoms with van der Waals surface area (Å²) in [4.78, 5) is 17.8. The number of methoxy groups -OCH3 is 1. The third-order valence-corrected chi connectivity index (χ3v) is 4.66. The van der Waals surface area contributed by atoms with Gasteiger partial charge in [0.25, 0.3) is 5.91 Å². The Balaban J connectivity index is 1.34. The van der Waals surface area contributed by atoms with E-state index in [0.29, 0.717) is 30.2 Å². The van der Waals surface area contributed by atoms with Crippen LogP contribution in [0.2, 0.25) is 0 Å². The molecule has 7 nitrogen and oxygen atoms in total. The van der Waals surface area contributed by atoms with Crippen molar-refractivity contribution in [2.24, 2.45) is 0 Å². The van der Waals surface area contributed by atoms with Crippen LogP contribution in [0.3, 0.4) is 0 Å². The van der Waals surface area contributed by atoms with Gasteiger partial charge in [-0.2, -0.15) is 18.3 Å². The number of pyridine rings is 1. The second-order valence-corrected chi connectivity index (χ2v) is 6.73. The lowest BCUT2D eigenvalue weighted by molar-refractivity contribution is -0.137. The first-order chi connectivity index (χ1) is 14.3. The van der Waals surface area contributed by atoms with Crippen LogP contribution in [0.25, 0.3) is 11.3 Å². The van der Waals surface area contributed by atoms with Gasteiger partial charge in [-0.05, 0) is 24.3 Å². The number of aromatic amines is 1. The molecule has 0 spiro atoms. The number of alkyl halides is 3. The number of amides is 1. The lowest BCUT2D eigenvalue weighted by Crippen LogP contribution is -2.56. The number of benzene rings is 1. The van der Waals surface area contributed by atoms with Crippen molar-refractivity contribution in [2.75, 3.05) is 20.2 Å². The fourth-order valence-electron chi connectivity index (χ4n) is 3.00. The van der Waals surface area contributed by atoms with Crippen LogP contribution in [0.4, 0.5) is 13.2 Å². The highest BCUT2D eigenvalue weighted by atomic mass is 19.4. The fourth-order valence-corrected chi connectivity index (χ4v) is 3.00. The fraction of sp³-hybridized carbons (Fsp3) is 0.250. The minimum atomic E-state index is -4.45. The first-order valence-corrected chi connectivity index (χ1v) is 9.02. The highest BCUT2D eigenvalue weighted by molar-refractivity contribution is 5.94. The molecule has 1 aliphatic rings. The summed E-state index contributed by atoms with van der Waals surface area (Å²) in [5.41, 5.74) is 0.910. The molecule has 4 rings (SSSR count). The molecule has 10 heteroatoms. The zero-order valence-electron chi connectivity index (χ0n) is 15.8. The number of H-pyrrole nitrogens is 1. The van der Waals surface area contributed by atoms with Crippen molar-refractivity contribution in [3.63, 3.8) is 0 Å². The van der Waals surface area contributed by atoms with Crippen molar-refractivity contribution in [3.8, 4) is 22.9 Å². The number of aromatic nitrogens is 3. The normalized spacial score (nSPS) is 14.3. The molecule has 3 heterocycles. The van der Waals surface area contributed by atoms with Crippen LogP contribution in [0, 0.1) is 0 Å². The second kappa shape index (κ2) is 7.69. The van der Waals surface area contributed by atoms with E-state index in [0.717, 1.165) is 17.8 Å². The average Bonchev–Trinajstić information content (AvgIpc) is 3.20. The molecule has 2 aromatic heterocycles. The van der Waals surface area contributed by atoms with Gasteiger partial charge in [0.2, 0.25) is 5.88 Å². The predicted molar refractivity (Wildman–Crippen MR) is 100 cm³/mol. The summed E-state index contributed by atoms with van der Waals surface area (Å²) in [7, 11) is 1.57. The van der Waals surface area contributed by atoms with E-state index in [1.54, 1.807) is 18.1 Å². The molecule has 0 saturated carbocycles. The van der Waals surface area contributed by atoms with Crippen LogP contribution >= 0.6 is 0 Å². The summed E-state index contributed by atoms with van der Waals surface area (Å²) >= 11 is 0.